The average Bonchev–Trinajstić information content (AvgIpc) is 2.66. The van der Waals surface area contributed by atoms with Gasteiger partial charge in [0.15, 0.2) is 0 Å². The van der Waals surface area contributed by atoms with Crippen LogP contribution >= 0.6 is 22.6 Å². The number of hydrogen-bond donors (Lipinski definition) is 3. The molecule has 7 heteroatoms. The number of piperidine rings is 1. The zero-order chi connectivity index (χ0) is 19.9. The third-order valence-corrected chi connectivity index (χ3v) is 5.46. The molecule has 1 saturated heterocycles. The first kappa shape index (κ1) is 20.6. The fraction of sp³-hybridized carbons (Fsp3) is 0.333. The van der Waals surface area contributed by atoms with Crippen LogP contribution in [0, 0.1) is 10.5 Å². The van der Waals surface area contributed by atoms with Crippen LogP contribution < -0.4 is 16.0 Å². The maximum Gasteiger partial charge on any atom is 0.319 e. The molecule has 2 aromatic carbocycles. The topological polar surface area (TPSA) is 73.5 Å². The Morgan fingerprint density at radius 2 is 1.79 bits per heavy atom. The number of carbonyl (C=O) groups is 2. The summed E-state index contributed by atoms with van der Waals surface area (Å²) in [6, 6.07) is 15.3. The number of aryl methyl sites for hydroxylation is 1. The monoisotopic (exact) mass is 492 g/mol. The zero-order valence-corrected chi connectivity index (χ0v) is 18.0. The van der Waals surface area contributed by atoms with E-state index in [0.29, 0.717) is 6.54 Å². The molecule has 1 fully saturated rings. The second-order valence-corrected chi connectivity index (χ2v) is 8.27. The van der Waals surface area contributed by atoms with Gasteiger partial charge in [-0.25, -0.2) is 4.79 Å². The normalized spacial score (nSPS) is 15.1. The summed E-state index contributed by atoms with van der Waals surface area (Å²) in [4.78, 5) is 26.6. The lowest BCUT2D eigenvalue weighted by Gasteiger charge is -2.31. The van der Waals surface area contributed by atoms with Crippen molar-refractivity contribution >= 4 is 45.9 Å². The predicted octanol–water partition coefficient (Wildman–Crippen LogP) is 3.82. The lowest BCUT2D eigenvalue weighted by Crippen LogP contribution is -2.47. The van der Waals surface area contributed by atoms with Crippen LogP contribution in [0.4, 0.5) is 16.2 Å². The van der Waals surface area contributed by atoms with Gasteiger partial charge in [-0.05, 0) is 78.3 Å². The van der Waals surface area contributed by atoms with E-state index >= 15 is 0 Å². The van der Waals surface area contributed by atoms with Crippen molar-refractivity contribution in [2.24, 2.45) is 0 Å². The Morgan fingerprint density at radius 3 is 2.46 bits per heavy atom. The minimum Gasteiger partial charge on any atom is -0.335 e. The van der Waals surface area contributed by atoms with Crippen molar-refractivity contribution in [1.82, 2.24) is 10.2 Å². The van der Waals surface area contributed by atoms with E-state index in [1.54, 1.807) is 0 Å². The van der Waals surface area contributed by atoms with Crippen molar-refractivity contribution in [2.45, 2.75) is 25.8 Å². The smallest absolute Gasteiger partial charge is 0.319 e. The molecule has 148 valence electrons. The summed E-state index contributed by atoms with van der Waals surface area (Å²) in [5, 5.41) is 8.85. The molecule has 0 spiro atoms. The van der Waals surface area contributed by atoms with Crippen LogP contribution in [0.1, 0.15) is 18.4 Å². The van der Waals surface area contributed by atoms with Gasteiger partial charge in [-0.3, -0.25) is 9.69 Å². The maximum absolute atomic E-state index is 12.3. The van der Waals surface area contributed by atoms with E-state index < -0.39 is 0 Å². The number of rotatable bonds is 5. The molecule has 0 aromatic heterocycles. The number of para-hydroxylation sites is 1. The summed E-state index contributed by atoms with van der Waals surface area (Å²) < 4.78 is 1.15. The second-order valence-electron chi connectivity index (χ2n) is 7.02. The summed E-state index contributed by atoms with van der Waals surface area (Å²) in [7, 11) is 0. The number of nitrogens with one attached hydrogen (secondary N) is 3. The van der Waals surface area contributed by atoms with Gasteiger partial charge in [0.25, 0.3) is 0 Å². The molecule has 28 heavy (non-hydrogen) atoms. The van der Waals surface area contributed by atoms with Crippen LogP contribution in [0.5, 0.6) is 0 Å². The highest BCUT2D eigenvalue weighted by molar-refractivity contribution is 14.1. The number of carbonyl (C=O) groups excluding carboxylic acids is 2. The highest BCUT2D eigenvalue weighted by atomic mass is 127. The van der Waals surface area contributed by atoms with E-state index in [4.69, 9.17) is 0 Å². The Balaban J connectivity index is 1.40. The maximum atomic E-state index is 12.3. The number of urea groups is 1. The number of nitrogens with zero attached hydrogens (tertiary/aromatic N) is 1. The quantitative estimate of drug-likeness (QED) is 0.556. The van der Waals surface area contributed by atoms with E-state index in [1.165, 1.54) is 0 Å². The highest BCUT2D eigenvalue weighted by Gasteiger charge is 2.22. The largest absolute Gasteiger partial charge is 0.335 e. The van der Waals surface area contributed by atoms with Gasteiger partial charge in [-0.15, -0.1) is 0 Å². The van der Waals surface area contributed by atoms with Crippen molar-refractivity contribution in [3.8, 4) is 0 Å². The Labute approximate surface area is 179 Å². The first-order valence-corrected chi connectivity index (χ1v) is 10.5. The molecule has 3 rings (SSSR count). The predicted molar refractivity (Wildman–Crippen MR) is 121 cm³/mol. The Kier molecular flexibility index (Phi) is 7.27. The van der Waals surface area contributed by atoms with Crippen molar-refractivity contribution in [1.29, 1.82) is 0 Å². The number of hydrogen-bond acceptors (Lipinski definition) is 3. The zero-order valence-electron chi connectivity index (χ0n) is 15.9. The molecular formula is C21H25IN4O2. The van der Waals surface area contributed by atoms with Gasteiger partial charge >= 0.3 is 6.03 Å². The SMILES string of the molecule is Cc1cc(I)ccc1NC(=O)CN1CCC(NC(=O)Nc2ccccc2)CC1. The van der Waals surface area contributed by atoms with E-state index in [1.807, 2.05) is 55.5 Å². The minimum atomic E-state index is -0.184. The summed E-state index contributed by atoms with van der Waals surface area (Å²) in [5.74, 6) is -0.00228. The summed E-state index contributed by atoms with van der Waals surface area (Å²) in [6.45, 7) is 3.94. The Hall–Kier alpha value is -2.13. The van der Waals surface area contributed by atoms with Crippen LogP contribution in [0.2, 0.25) is 0 Å². The van der Waals surface area contributed by atoms with E-state index in [0.717, 1.165) is 46.4 Å². The average molecular weight is 492 g/mol. The van der Waals surface area contributed by atoms with Crippen LogP contribution in [-0.2, 0) is 4.79 Å². The van der Waals surface area contributed by atoms with E-state index in [9.17, 15) is 9.59 Å². The molecule has 0 unspecified atom stereocenters. The fourth-order valence-electron chi connectivity index (χ4n) is 3.27. The first-order valence-electron chi connectivity index (χ1n) is 9.40. The van der Waals surface area contributed by atoms with Crippen LogP contribution in [0.3, 0.4) is 0 Å². The minimum absolute atomic E-state index is 0.00228. The van der Waals surface area contributed by atoms with Gasteiger partial charge < -0.3 is 16.0 Å². The Bertz CT molecular complexity index is 820. The molecule has 0 aliphatic carbocycles. The molecule has 3 N–H and O–H groups in total. The van der Waals surface area contributed by atoms with E-state index in [-0.39, 0.29) is 18.0 Å². The van der Waals surface area contributed by atoms with Crippen molar-refractivity contribution in [3.05, 3.63) is 57.7 Å². The van der Waals surface area contributed by atoms with Gasteiger partial charge in [0.2, 0.25) is 5.91 Å². The van der Waals surface area contributed by atoms with Gasteiger partial charge in [0, 0.05) is 34.1 Å². The molecular weight excluding hydrogens is 467 g/mol. The van der Waals surface area contributed by atoms with Crippen LogP contribution in [0.25, 0.3) is 0 Å². The van der Waals surface area contributed by atoms with Gasteiger partial charge in [0.1, 0.15) is 0 Å². The molecule has 3 amide bonds. The van der Waals surface area contributed by atoms with Crippen molar-refractivity contribution < 1.29 is 9.59 Å². The van der Waals surface area contributed by atoms with Gasteiger partial charge in [-0.2, -0.15) is 0 Å². The molecule has 0 saturated carbocycles. The molecule has 2 aromatic rings. The summed E-state index contributed by atoms with van der Waals surface area (Å²) in [6.07, 6.45) is 1.66. The number of halogens is 1. The molecule has 6 nitrogen and oxygen atoms in total. The number of amides is 3. The molecule has 1 aliphatic heterocycles. The molecule has 1 aliphatic rings. The summed E-state index contributed by atoms with van der Waals surface area (Å²) in [5.41, 5.74) is 2.70. The molecule has 0 radical (unpaired) electrons. The number of benzene rings is 2. The third-order valence-electron chi connectivity index (χ3n) is 4.78. The van der Waals surface area contributed by atoms with E-state index in [2.05, 4.69) is 43.4 Å². The van der Waals surface area contributed by atoms with Crippen LogP contribution in [-0.4, -0.2) is 42.5 Å². The number of likely N-dealkylation sites (tertiary alicyclic amines) is 1. The third kappa shape index (κ3) is 6.20. The lowest BCUT2D eigenvalue weighted by molar-refractivity contribution is -0.117. The number of anilines is 2. The highest BCUT2D eigenvalue weighted by Crippen LogP contribution is 2.18. The van der Waals surface area contributed by atoms with Crippen molar-refractivity contribution in [3.63, 3.8) is 0 Å². The molecule has 0 atom stereocenters. The first-order chi connectivity index (χ1) is 13.5. The van der Waals surface area contributed by atoms with Crippen LogP contribution in [0.15, 0.2) is 48.5 Å². The van der Waals surface area contributed by atoms with Gasteiger partial charge in [0.05, 0.1) is 6.54 Å². The molecule has 0 bridgehead atoms. The lowest BCUT2D eigenvalue weighted by atomic mass is 10.1. The molecule has 1 heterocycles. The fourth-order valence-corrected chi connectivity index (χ4v) is 3.92. The van der Waals surface area contributed by atoms with Gasteiger partial charge in [-0.1, -0.05) is 18.2 Å². The van der Waals surface area contributed by atoms with Crippen molar-refractivity contribution in [2.75, 3.05) is 30.3 Å². The second kappa shape index (κ2) is 9.88. The Morgan fingerprint density at radius 1 is 1.07 bits per heavy atom. The summed E-state index contributed by atoms with van der Waals surface area (Å²) >= 11 is 2.26. The standard InChI is InChI=1S/C21H25IN4O2/c1-15-13-16(22)7-8-19(15)25-20(27)14-26-11-9-18(10-12-26)24-21(28)23-17-5-3-2-4-6-17/h2-8,13,18H,9-12,14H2,1H3,(H,25,27)(H2,23,24,28).